The minimum atomic E-state index is -0.356. The predicted octanol–water partition coefficient (Wildman–Crippen LogP) is -1.81. The van der Waals surface area contributed by atoms with E-state index in [0.29, 0.717) is 19.5 Å². The van der Waals surface area contributed by atoms with Crippen LogP contribution in [0.25, 0.3) is 0 Å². The molecule has 1 unspecified atom stereocenters. The summed E-state index contributed by atoms with van der Waals surface area (Å²) in [6.45, 7) is 1.02. The molecule has 17 heavy (non-hydrogen) atoms. The van der Waals surface area contributed by atoms with Crippen molar-refractivity contribution in [1.29, 1.82) is 0 Å². The molecule has 2 rings (SSSR count). The lowest BCUT2D eigenvalue weighted by Crippen LogP contribution is -2.34. The third-order valence-electron chi connectivity index (χ3n) is 2.79. The summed E-state index contributed by atoms with van der Waals surface area (Å²) in [7, 11) is 0. The maximum Gasteiger partial charge on any atom is 0.244 e. The smallest absolute Gasteiger partial charge is 0.244 e. The number of carbonyl (C=O) groups excluding carboxylic acids is 2. The van der Waals surface area contributed by atoms with E-state index in [1.807, 2.05) is 0 Å². The van der Waals surface area contributed by atoms with Gasteiger partial charge in [0, 0.05) is 13.1 Å². The minimum absolute atomic E-state index is 0.0790. The van der Waals surface area contributed by atoms with Crippen LogP contribution in [0, 0.1) is 5.92 Å². The second-order valence-corrected chi connectivity index (χ2v) is 4.03. The summed E-state index contributed by atoms with van der Waals surface area (Å²) in [6.07, 6.45) is 2.02. The first-order valence-electron chi connectivity index (χ1n) is 5.28. The van der Waals surface area contributed by atoms with Crippen LogP contribution in [0.2, 0.25) is 0 Å². The Balaban J connectivity index is 1.91. The minimum Gasteiger partial charge on any atom is -0.369 e. The summed E-state index contributed by atoms with van der Waals surface area (Å²) in [4.78, 5) is 28.1. The van der Waals surface area contributed by atoms with Gasteiger partial charge in [0.25, 0.3) is 0 Å². The lowest BCUT2D eigenvalue weighted by molar-refractivity contribution is -0.131. The molecule has 0 radical (unpaired) electrons. The fourth-order valence-corrected chi connectivity index (χ4v) is 1.84. The van der Waals surface area contributed by atoms with Crippen LogP contribution in [0.15, 0.2) is 6.33 Å². The summed E-state index contributed by atoms with van der Waals surface area (Å²) in [5.41, 5.74) is 10.5. The number of rotatable bonds is 3. The van der Waals surface area contributed by atoms with Gasteiger partial charge in [-0.05, 0) is 6.42 Å². The first-order valence-corrected chi connectivity index (χ1v) is 5.28. The Morgan fingerprint density at radius 2 is 2.29 bits per heavy atom. The summed E-state index contributed by atoms with van der Waals surface area (Å²) in [6, 6.07) is 0. The van der Waals surface area contributed by atoms with Gasteiger partial charge < -0.3 is 16.4 Å². The zero-order valence-corrected chi connectivity index (χ0v) is 9.24. The van der Waals surface area contributed by atoms with Gasteiger partial charge in [-0.25, -0.2) is 9.67 Å². The molecule has 0 aromatic carbocycles. The van der Waals surface area contributed by atoms with Crippen molar-refractivity contribution < 1.29 is 9.59 Å². The maximum absolute atomic E-state index is 11.8. The van der Waals surface area contributed by atoms with Crippen LogP contribution >= 0.6 is 0 Å². The van der Waals surface area contributed by atoms with Crippen LogP contribution in [0.1, 0.15) is 6.42 Å². The highest BCUT2D eigenvalue weighted by Crippen LogP contribution is 2.15. The average Bonchev–Trinajstić information content (AvgIpc) is 2.86. The molecular weight excluding hydrogens is 224 g/mol. The van der Waals surface area contributed by atoms with Crippen LogP contribution in [0.4, 0.5) is 5.95 Å². The Hall–Kier alpha value is -2.12. The lowest BCUT2D eigenvalue weighted by atomic mass is 10.1. The van der Waals surface area contributed by atoms with Crippen molar-refractivity contribution in [3.63, 3.8) is 0 Å². The molecule has 4 N–H and O–H groups in total. The summed E-state index contributed by atoms with van der Waals surface area (Å²) < 4.78 is 1.37. The van der Waals surface area contributed by atoms with Crippen molar-refractivity contribution in [3.05, 3.63) is 6.33 Å². The summed E-state index contributed by atoms with van der Waals surface area (Å²) >= 11 is 0. The molecule has 0 bridgehead atoms. The van der Waals surface area contributed by atoms with Crippen LogP contribution < -0.4 is 11.5 Å². The van der Waals surface area contributed by atoms with Gasteiger partial charge >= 0.3 is 0 Å². The third-order valence-corrected chi connectivity index (χ3v) is 2.79. The lowest BCUT2D eigenvalue weighted by Gasteiger charge is -2.15. The zero-order valence-electron chi connectivity index (χ0n) is 9.24. The molecule has 1 aromatic heterocycles. The molecular formula is C9H14N6O2. The number of nitrogens with two attached hydrogens (primary N) is 2. The number of nitrogens with zero attached hydrogens (tertiary/aromatic N) is 4. The largest absolute Gasteiger partial charge is 0.369 e. The number of hydrogen-bond acceptors (Lipinski definition) is 5. The van der Waals surface area contributed by atoms with Gasteiger partial charge in [0.05, 0.1) is 5.92 Å². The Labute approximate surface area is 97.6 Å². The number of hydrogen-bond donors (Lipinski definition) is 2. The molecule has 92 valence electrons. The van der Waals surface area contributed by atoms with E-state index in [0.717, 1.165) is 0 Å². The number of primary amides is 1. The molecule has 1 aliphatic rings. The van der Waals surface area contributed by atoms with E-state index < -0.39 is 0 Å². The molecule has 1 saturated heterocycles. The van der Waals surface area contributed by atoms with Crippen molar-refractivity contribution in [2.45, 2.75) is 13.0 Å². The Morgan fingerprint density at radius 1 is 1.53 bits per heavy atom. The van der Waals surface area contributed by atoms with Gasteiger partial charge in [-0.3, -0.25) is 9.59 Å². The number of amides is 2. The van der Waals surface area contributed by atoms with Crippen molar-refractivity contribution >= 4 is 17.8 Å². The highest BCUT2D eigenvalue weighted by Gasteiger charge is 2.29. The molecule has 8 nitrogen and oxygen atoms in total. The molecule has 0 saturated carbocycles. The predicted molar refractivity (Wildman–Crippen MR) is 58.3 cm³/mol. The topological polar surface area (TPSA) is 120 Å². The molecule has 8 heteroatoms. The molecule has 2 amide bonds. The summed E-state index contributed by atoms with van der Waals surface area (Å²) in [5, 5.41) is 3.82. The first-order chi connectivity index (χ1) is 8.06. The fourth-order valence-electron chi connectivity index (χ4n) is 1.84. The van der Waals surface area contributed by atoms with Gasteiger partial charge in [0.2, 0.25) is 17.8 Å². The van der Waals surface area contributed by atoms with Gasteiger partial charge in [-0.2, -0.15) is 0 Å². The van der Waals surface area contributed by atoms with Crippen LogP contribution in [0.3, 0.4) is 0 Å². The van der Waals surface area contributed by atoms with Crippen molar-refractivity contribution in [2.75, 3.05) is 18.8 Å². The average molecular weight is 238 g/mol. The first kappa shape index (κ1) is 11.4. The van der Waals surface area contributed by atoms with E-state index in [9.17, 15) is 9.59 Å². The molecule has 0 spiro atoms. The van der Waals surface area contributed by atoms with E-state index in [1.165, 1.54) is 11.0 Å². The zero-order chi connectivity index (χ0) is 12.4. The van der Waals surface area contributed by atoms with E-state index in [-0.39, 0.29) is 30.2 Å². The van der Waals surface area contributed by atoms with Gasteiger partial charge in [0.1, 0.15) is 12.9 Å². The molecule has 1 aliphatic heterocycles. The fraction of sp³-hybridized carbons (Fsp3) is 0.556. The van der Waals surface area contributed by atoms with E-state index in [2.05, 4.69) is 10.1 Å². The van der Waals surface area contributed by atoms with E-state index >= 15 is 0 Å². The quantitative estimate of drug-likeness (QED) is 0.643. The monoisotopic (exact) mass is 238 g/mol. The third kappa shape index (κ3) is 2.52. The standard InChI is InChI=1S/C9H14N6O2/c10-8(17)6-1-2-14(3-6)7(16)4-15-5-12-9(11)13-15/h5-6H,1-4H2,(H2,10,17)(H2,11,13). The van der Waals surface area contributed by atoms with Crippen LogP contribution in [-0.2, 0) is 16.1 Å². The number of aromatic nitrogens is 3. The van der Waals surface area contributed by atoms with Crippen molar-refractivity contribution in [3.8, 4) is 0 Å². The second-order valence-electron chi connectivity index (χ2n) is 4.03. The van der Waals surface area contributed by atoms with Crippen LogP contribution in [0.5, 0.6) is 0 Å². The van der Waals surface area contributed by atoms with Crippen molar-refractivity contribution in [1.82, 2.24) is 19.7 Å². The Morgan fingerprint density at radius 3 is 2.82 bits per heavy atom. The molecule has 0 aliphatic carbocycles. The SMILES string of the molecule is NC(=O)C1CCN(C(=O)Cn2cnc(N)n2)C1. The summed E-state index contributed by atoms with van der Waals surface area (Å²) in [5.74, 6) is -0.571. The number of likely N-dealkylation sites (tertiary alicyclic amines) is 1. The van der Waals surface area contributed by atoms with Crippen molar-refractivity contribution in [2.24, 2.45) is 11.7 Å². The van der Waals surface area contributed by atoms with E-state index in [4.69, 9.17) is 11.5 Å². The molecule has 1 fully saturated rings. The molecule has 2 heterocycles. The van der Waals surface area contributed by atoms with E-state index in [1.54, 1.807) is 4.90 Å². The normalized spacial score (nSPS) is 19.5. The highest BCUT2D eigenvalue weighted by atomic mass is 16.2. The molecule has 1 aromatic rings. The molecule has 1 atom stereocenters. The van der Waals surface area contributed by atoms with Gasteiger partial charge in [-0.15, -0.1) is 5.10 Å². The van der Waals surface area contributed by atoms with Gasteiger partial charge in [0.15, 0.2) is 0 Å². The number of carbonyl (C=O) groups is 2. The maximum atomic E-state index is 11.8. The van der Waals surface area contributed by atoms with Crippen LogP contribution in [-0.4, -0.2) is 44.6 Å². The Bertz CT molecular complexity index is 442. The number of anilines is 1. The van der Waals surface area contributed by atoms with Gasteiger partial charge in [-0.1, -0.05) is 0 Å². The Kier molecular flexibility index (Phi) is 2.94. The number of nitrogen functional groups attached to an aromatic ring is 1. The second kappa shape index (κ2) is 4.40. The highest BCUT2D eigenvalue weighted by molar-refractivity contribution is 5.80.